The first-order chi connectivity index (χ1) is 6.11. The van der Waals surface area contributed by atoms with E-state index in [0.29, 0.717) is 0 Å². The van der Waals surface area contributed by atoms with Gasteiger partial charge in [0, 0.05) is 11.7 Å². The van der Waals surface area contributed by atoms with Gasteiger partial charge in [0.05, 0.1) is 0 Å². The largest absolute Gasteiger partial charge is 0.398 e. The van der Waals surface area contributed by atoms with Gasteiger partial charge in [0.15, 0.2) is 0 Å². The number of fused-ring (bicyclic) bond motifs is 1. The van der Waals surface area contributed by atoms with E-state index >= 15 is 0 Å². The lowest BCUT2D eigenvalue weighted by atomic mass is 9.98. The summed E-state index contributed by atoms with van der Waals surface area (Å²) in [6.45, 7) is 4.15. The van der Waals surface area contributed by atoms with E-state index in [1.165, 1.54) is 16.7 Å². The third-order valence-corrected chi connectivity index (χ3v) is 3.11. The highest BCUT2D eigenvalue weighted by Gasteiger charge is 2.22. The topological polar surface area (TPSA) is 52.0 Å². The van der Waals surface area contributed by atoms with Crippen LogP contribution in [0.5, 0.6) is 0 Å². The monoisotopic (exact) mass is 176 g/mol. The first-order valence-corrected chi connectivity index (χ1v) is 4.75. The lowest BCUT2D eigenvalue weighted by Gasteiger charge is -2.12. The minimum atomic E-state index is 0.230. The zero-order chi connectivity index (χ0) is 9.59. The van der Waals surface area contributed by atoms with Crippen molar-refractivity contribution in [2.45, 2.75) is 32.7 Å². The van der Waals surface area contributed by atoms with Crippen molar-refractivity contribution < 1.29 is 0 Å². The molecule has 70 valence electrons. The van der Waals surface area contributed by atoms with Crippen LogP contribution in [-0.4, -0.2) is 0 Å². The van der Waals surface area contributed by atoms with Gasteiger partial charge in [-0.1, -0.05) is 6.07 Å². The van der Waals surface area contributed by atoms with E-state index in [0.717, 1.165) is 24.1 Å². The average Bonchev–Trinajstić information content (AvgIpc) is 2.45. The standard InChI is InChI=1S/C11H16N2/c1-6-5-9-8(3-4-10(9)12)7(2)11(6)13/h5,10H,3-4,12-13H2,1-2H3/t10-/m0/s1. The van der Waals surface area contributed by atoms with E-state index in [2.05, 4.69) is 13.0 Å². The van der Waals surface area contributed by atoms with Gasteiger partial charge in [-0.25, -0.2) is 0 Å². The van der Waals surface area contributed by atoms with Crippen molar-refractivity contribution in [3.8, 4) is 0 Å². The molecule has 0 fully saturated rings. The Labute approximate surface area is 78.9 Å². The number of anilines is 1. The summed E-state index contributed by atoms with van der Waals surface area (Å²) in [6.07, 6.45) is 2.16. The highest BCUT2D eigenvalue weighted by Crippen LogP contribution is 2.35. The molecular weight excluding hydrogens is 160 g/mol. The van der Waals surface area contributed by atoms with Crippen molar-refractivity contribution in [1.29, 1.82) is 0 Å². The zero-order valence-electron chi connectivity index (χ0n) is 8.22. The second-order valence-corrected chi connectivity index (χ2v) is 3.95. The summed E-state index contributed by atoms with van der Waals surface area (Å²) in [7, 11) is 0. The Morgan fingerprint density at radius 3 is 2.77 bits per heavy atom. The molecule has 1 aliphatic rings. The van der Waals surface area contributed by atoms with Crippen molar-refractivity contribution in [2.24, 2.45) is 5.73 Å². The van der Waals surface area contributed by atoms with Gasteiger partial charge in [-0.05, 0) is 48.9 Å². The van der Waals surface area contributed by atoms with Crippen LogP contribution in [0, 0.1) is 13.8 Å². The molecule has 0 heterocycles. The maximum Gasteiger partial charge on any atom is 0.0376 e. The molecule has 0 spiro atoms. The molecule has 0 saturated heterocycles. The maximum absolute atomic E-state index is 5.99. The van der Waals surface area contributed by atoms with Gasteiger partial charge in [-0.15, -0.1) is 0 Å². The van der Waals surface area contributed by atoms with Crippen LogP contribution in [0.25, 0.3) is 0 Å². The molecule has 1 atom stereocenters. The maximum atomic E-state index is 5.99. The lowest BCUT2D eigenvalue weighted by molar-refractivity contribution is 0.713. The van der Waals surface area contributed by atoms with Crippen LogP contribution in [0.4, 0.5) is 5.69 Å². The van der Waals surface area contributed by atoms with Crippen molar-refractivity contribution in [3.05, 3.63) is 28.3 Å². The van der Waals surface area contributed by atoms with Gasteiger partial charge in [0.2, 0.25) is 0 Å². The minimum Gasteiger partial charge on any atom is -0.398 e. The molecule has 1 aromatic carbocycles. The Kier molecular flexibility index (Phi) is 1.81. The normalized spacial score (nSPS) is 20.4. The quantitative estimate of drug-likeness (QED) is 0.592. The highest BCUT2D eigenvalue weighted by molar-refractivity contribution is 5.60. The average molecular weight is 176 g/mol. The molecule has 4 N–H and O–H groups in total. The number of hydrogen-bond acceptors (Lipinski definition) is 2. The number of aryl methyl sites for hydroxylation is 1. The highest BCUT2D eigenvalue weighted by atomic mass is 14.7. The molecule has 0 radical (unpaired) electrons. The molecule has 13 heavy (non-hydrogen) atoms. The molecule has 1 aliphatic carbocycles. The van der Waals surface area contributed by atoms with E-state index in [1.54, 1.807) is 0 Å². The van der Waals surface area contributed by atoms with E-state index in [9.17, 15) is 0 Å². The first-order valence-electron chi connectivity index (χ1n) is 4.75. The van der Waals surface area contributed by atoms with Gasteiger partial charge >= 0.3 is 0 Å². The fourth-order valence-corrected chi connectivity index (χ4v) is 2.19. The van der Waals surface area contributed by atoms with Crippen LogP contribution < -0.4 is 11.5 Å². The van der Waals surface area contributed by atoms with E-state index in [1.807, 2.05) is 6.92 Å². The molecule has 0 amide bonds. The predicted octanol–water partition coefficient (Wildman–Crippen LogP) is 1.83. The van der Waals surface area contributed by atoms with Crippen LogP contribution in [0.3, 0.4) is 0 Å². The number of nitrogen functional groups attached to an aromatic ring is 1. The van der Waals surface area contributed by atoms with Crippen LogP contribution >= 0.6 is 0 Å². The fraction of sp³-hybridized carbons (Fsp3) is 0.455. The SMILES string of the molecule is Cc1cc2c(c(C)c1N)CC[C@@H]2N. The van der Waals surface area contributed by atoms with Gasteiger partial charge < -0.3 is 11.5 Å². The van der Waals surface area contributed by atoms with Gasteiger partial charge in [-0.3, -0.25) is 0 Å². The number of rotatable bonds is 0. The summed E-state index contributed by atoms with van der Waals surface area (Å²) in [5, 5.41) is 0. The molecule has 0 bridgehead atoms. The summed E-state index contributed by atoms with van der Waals surface area (Å²) < 4.78 is 0. The Bertz CT molecular complexity index is 356. The van der Waals surface area contributed by atoms with Gasteiger partial charge in [0.25, 0.3) is 0 Å². The van der Waals surface area contributed by atoms with E-state index < -0.39 is 0 Å². The fourth-order valence-electron chi connectivity index (χ4n) is 2.19. The van der Waals surface area contributed by atoms with Crippen molar-refractivity contribution >= 4 is 5.69 Å². The number of benzene rings is 1. The molecule has 0 aliphatic heterocycles. The third-order valence-electron chi connectivity index (χ3n) is 3.11. The smallest absolute Gasteiger partial charge is 0.0376 e. The Morgan fingerprint density at radius 2 is 2.08 bits per heavy atom. The molecule has 2 heteroatoms. The van der Waals surface area contributed by atoms with Crippen LogP contribution in [-0.2, 0) is 6.42 Å². The molecule has 0 aromatic heterocycles. The van der Waals surface area contributed by atoms with Crippen molar-refractivity contribution in [1.82, 2.24) is 0 Å². The summed E-state index contributed by atoms with van der Waals surface area (Å²) in [5.74, 6) is 0. The van der Waals surface area contributed by atoms with Crippen LogP contribution in [0.2, 0.25) is 0 Å². The lowest BCUT2D eigenvalue weighted by Crippen LogP contribution is -2.06. The molecule has 2 rings (SSSR count). The zero-order valence-corrected chi connectivity index (χ0v) is 8.22. The molecule has 2 nitrogen and oxygen atoms in total. The van der Waals surface area contributed by atoms with Crippen LogP contribution in [0.1, 0.15) is 34.7 Å². The third kappa shape index (κ3) is 1.13. The van der Waals surface area contributed by atoms with E-state index in [-0.39, 0.29) is 6.04 Å². The van der Waals surface area contributed by atoms with Gasteiger partial charge in [0.1, 0.15) is 0 Å². The molecular formula is C11H16N2. The Balaban J connectivity index is 2.67. The first kappa shape index (κ1) is 8.57. The second-order valence-electron chi connectivity index (χ2n) is 3.95. The van der Waals surface area contributed by atoms with Crippen molar-refractivity contribution in [2.75, 3.05) is 5.73 Å². The molecule has 0 saturated carbocycles. The van der Waals surface area contributed by atoms with Crippen molar-refractivity contribution in [3.63, 3.8) is 0 Å². The number of hydrogen-bond donors (Lipinski definition) is 2. The summed E-state index contributed by atoms with van der Waals surface area (Å²) in [4.78, 5) is 0. The van der Waals surface area contributed by atoms with E-state index in [4.69, 9.17) is 11.5 Å². The van der Waals surface area contributed by atoms with Gasteiger partial charge in [-0.2, -0.15) is 0 Å². The van der Waals surface area contributed by atoms with Crippen LogP contribution in [0.15, 0.2) is 6.07 Å². The molecule has 1 aromatic rings. The second kappa shape index (κ2) is 2.74. The molecule has 0 unspecified atom stereocenters. The summed E-state index contributed by atoms with van der Waals surface area (Å²) in [6, 6.07) is 2.38. The summed E-state index contributed by atoms with van der Waals surface area (Å²) >= 11 is 0. The Morgan fingerprint density at radius 1 is 1.38 bits per heavy atom. The predicted molar refractivity (Wildman–Crippen MR) is 55.6 cm³/mol. The Hall–Kier alpha value is -1.02. The minimum absolute atomic E-state index is 0.230. The summed E-state index contributed by atoms with van der Waals surface area (Å²) in [5.41, 5.74) is 18.0. The number of nitrogens with two attached hydrogens (primary N) is 2.